The number of nitrogens with zero attached hydrogens (tertiary/aromatic N) is 5. The highest BCUT2D eigenvalue weighted by molar-refractivity contribution is 5.99. The van der Waals surface area contributed by atoms with E-state index >= 15 is 0 Å². The molecule has 1 fully saturated rings. The molecule has 1 atom stereocenters. The van der Waals surface area contributed by atoms with Gasteiger partial charge in [-0.25, -0.2) is 9.78 Å². The SMILES string of the molecule is Cc1cc(C(=O)COC(=O)Cn2cnc3c2c(=O)n(C)c(=O)n3C)c(C)n1CC1CCCO1. The zero-order chi connectivity index (χ0) is 23.9. The van der Waals surface area contributed by atoms with Gasteiger partial charge in [0.1, 0.15) is 6.54 Å². The highest BCUT2D eigenvalue weighted by Gasteiger charge is 2.22. The normalized spacial score (nSPS) is 15.9. The van der Waals surface area contributed by atoms with Crippen LogP contribution in [0.15, 0.2) is 22.0 Å². The van der Waals surface area contributed by atoms with Crippen molar-refractivity contribution in [2.75, 3.05) is 13.2 Å². The summed E-state index contributed by atoms with van der Waals surface area (Å²) in [6, 6.07) is 1.80. The van der Waals surface area contributed by atoms with E-state index in [0.717, 1.165) is 35.4 Å². The second-order valence-corrected chi connectivity index (χ2v) is 8.36. The summed E-state index contributed by atoms with van der Waals surface area (Å²) in [4.78, 5) is 53.7. The van der Waals surface area contributed by atoms with Crippen molar-refractivity contribution < 1.29 is 19.1 Å². The van der Waals surface area contributed by atoms with Crippen molar-refractivity contribution in [2.24, 2.45) is 14.1 Å². The van der Waals surface area contributed by atoms with Gasteiger partial charge in [-0.2, -0.15) is 0 Å². The molecule has 1 aliphatic heterocycles. The van der Waals surface area contributed by atoms with Crippen molar-refractivity contribution in [3.05, 3.63) is 50.2 Å². The molecule has 1 saturated heterocycles. The van der Waals surface area contributed by atoms with Gasteiger partial charge < -0.3 is 18.6 Å². The van der Waals surface area contributed by atoms with Gasteiger partial charge in [-0.3, -0.25) is 23.5 Å². The number of ketones is 1. The average Bonchev–Trinajstić information content (AvgIpc) is 3.51. The van der Waals surface area contributed by atoms with E-state index in [9.17, 15) is 19.2 Å². The number of carbonyl (C=O) groups excluding carboxylic acids is 2. The van der Waals surface area contributed by atoms with Crippen LogP contribution in [0.5, 0.6) is 0 Å². The molecule has 11 nitrogen and oxygen atoms in total. The molecule has 0 spiro atoms. The van der Waals surface area contributed by atoms with Gasteiger partial charge in [-0.15, -0.1) is 0 Å². The van der Waals surface area contributed by atoms with Gasteiger partial charge in [-0.05, 0) is 32.8 Å². The van der Waals surface area contributed by atoms with Gasteiger partial charge >= 0.3 is 11.7 Å². The Morgan fingerprint density at radius 2 is 1.97 bits per heavy atom. The Hall–Kier alpha value is -3.47. The number of esters is 1. The van der Waals surface area contributed by atoms with Crippen LogP contribution in [0, 0.1) is 13.8 Å². The monoisotopic (exact) mass is 457 g/mol. The maximum atomic E-state index is 12.7. The molecule has 3 aromatic rings. The summed E-state index contributed by atoms with van der Waals surface area (Å²) in [6.07, 6.45) is 3.49. The predicted molar refractivity (Wildman–Crippen MR) is 118 cm³/mol. The maximum absolute atomic E-state index is 12.7. The second kappa shape index (κ2) is 8.81. The number of ether oxygens (including phenoxy) is 2. The molecule has 4 rings (SSSR count). The molecule has 0 bridgehead atoms. The lowest BCUT2D eigenvalue weighted by Crippen LogP contribution is -2.37. The molecular weight excluding hydrogens is 430 g/mol. The molecule has 0 aromatic carbocycles. The van der Waals surface area contributed by atoms with Crippen molar-refractivity contribution in [1.29, 1.82) is 0 Å². The standard InChI is InChI=1S/C22H27N5O6/c1-13-8-16(14(2)27(13)9-15-6-5-7-32-15)17(28)11-33-18(29)10-26-12-23-20-19(26)21(30)25(4)22(31)24(20)3/h8,12,15H,5-7,9-11H2,1-4H3. The van der Waals surface area contributed by atoms with Crippen molar-refractivity contribution in [1.82, 2.24) is 23.3 Å². The fraction of sp³-hybridized carbons (Fsp3) is 0.500. The summed E-state index contributed by atoms with van der Waals surface area (Å²) in [5.74, 6) is -0.990. The minimum absolute atomic E-state index is 0.112. The summed E-state index contributed by atoms with van der Waals surface area (Å²) in [5, 5.41) is 0. The molecule has 0 saturated carbocycles. The molecule has 33 heavy (non-hydrogen) atoms. The van der Waals surface area contributed by atoms with E-state index in [0.29, 0.717) is 12.1 Å². The lowest BCUT2D eigenvalue weighted by molar-refractivity contribution is -0.143. The maximum Gasteiger partial charge on any atom is 0.332 e. The van der Waals surface area contributed by atoms with Crippen molar-refractivity contribution in [3.63, 3.8) is 0 Å². The molecule has 4 heterocycles. The van der Waals surface area contributed by atoms with E-state index in [1.54, 1.807) is 6.07 Å². The minimum Gasteiger partial charge on any atom is -0.456 e. The molecular formula is C22H27N5O6. The van der Waals surface area contributed by atoms with Gasteiger partial charge in [0.05, 0.1) is 12.4 Å². The second-order valence-electron chi connectivity index (χ2n) is 8.36. The van der Waals surface area contributed by atoms with Crippen LogP contribution in [0.3, 0.4) is 0 Å². The summed E-state index contributed by atoms with van der Waals surface area (Å²) >= 11 is 0. The number of aryl methyl sites for hydroxylation is 2. The van der Waals surface area contributed by atoms with Crippen LogP contribution in [0.4, 0.5) is 0 Å². The fourth-order valence-corrected chi connectivity index (χ4v) is 4.28. The first-order valence-electron chi connectivity index (χ1n) is 10.8. The first-order chi connectivity index (χ1) is 15.7. The number of rotatable bonds is 7. The van der Waals surface area contributed by atoms with E-state index in [4.69, 9.17) is 9.47 Å². The number of fused-ring (bicyclic) bond motifs is 1. The molecule has 1 aliphatic rings. The van der Waals surface area contributed by atoms with Gasteiger partial charge in [0.2, 0.25) is 5.78 Å². The molecule has 1 unspecified atom stereocenters. The summed E-state index contributed by atoms with van der Waals surface area (Å²) < 4.78 is 16.4. The molecule has 0 amide bonds. The quantitative estimate of drug-likeness (QED) is 0.373. The largest absolute Gasteiger partial charge is 0.456 e. The van der Waals surface area contributed by atoms with Crippen molar-refractivity contribution >= 4 is 22.9 Å². The van der Waals surface area contributed by atoms with Gasteiger partial charge in [0.15, 0.2) is 17.8 Å². The molecule has 11 heteroatoms. The van der Waals surface area contributed by atoms with Crippen LogP contribution in [-0.2, 0) is 41.5 Å². The van der Waals surface area contributed by atoms with Crippen LogP contribution >= 0.6 is 0 Å². The zero-order valence-electron chi connectivity index (χ0n) is 19.2. The number of imidazole rings is 1. The third-order valence-electron chi connectivity index (χ3n) is 6.17. The molecule has 0 N–H and O–H groups in total. The highest BCUT2D eigenvalue weighted by atomic mass is 16.5. The minimum atomic E-state index is -0.688. The van der Waals surface area contributed by atoms with Crippen LogP contribution in [-0.4, -0.2) is 54.3 Å². The predicted octanol–water partition coefficient (Wildman–Crippen LogP) is 0.457. The number of hydrogen-bond donors (Lipinski definition) is 0. The Kier molecular flexibility index (Phi) is 6.07. The Morgan fingerprint density at radius 1 is 1.21 bits per heavy atom. The third-order valence-corrected chi connectivity index (χ3v) is 6.17. The van der Waals surface area contributed by atoms with Crippen molar-refractivity contribution in [3.8, 4) is 0 Å². The van der Waals surface area contributed by atoms with E-state index < -0.39 is 23.8 Å². The summed E-state index contributed by atoms with van der Waals surface area (Å²) in [6.45, 7) is 4.54. The Balaban J connectivity index is 1.44. The molecule has 0 radical (unpaired) electrons. The molecule has 3 aromatic heterocycles. The third kappa shape index (κ3) is 4.15. The van der Waals surface area contributed by atoms with Crippen LogP contribution < -0.4 is 11.2 Å². The lowest BCUT2D eigenvalue weighted by Gasteiger charge is -2.14. The topological polar surface area (TPSA) is 119 Å². The van der Waals surface area contributed by atoms with E-state index in [2.05, 4.69) is 9.55 Å². The zero-order valence-corrected chi connectivity index (χ0v) is 19.2. The van der Waals surface area contributed by atoms with Crippen LogP contribution in [0.1, 0.15) is 34.6 Å². The highest BCUT2D eigenvalue weighted by Crippen LogP contribution is 2.20. The molecule has 0 aliphatic carbocycles. The Labute approximate surface area is 189 Å². The van der Waals surface area contributed by atoms with E-state index in [1.165, 1.54) is 29.6 Å². The van der Waals surface area contributed by atoms with Gasteiger partial charge in [0, 0.05) is 44.2 Å². The smallest absolute Gasteiger partial charge is 0.332 e. The Morgan fingerprint density at radius 3 is 2.67 bits per heavy atom. The average molecular weight is 457 g/mol. The summed E-state index contributed by atoms with van der Waals surface area (Å²) in [7, 11) is 2.85. The van der Waals surface area contributed by atoms with Crippen molar-refractivity contribution in [2.45, 2.75) is 45.9 Å². The first-order valence-corrected chi connectivity index (χ1v) is 10.8. The van der Waals surface area contributed by atoms with E-state index in [1.807, 2.05) is 13.8 Å². The number of aromatic nitrogens is 5. The van der Waals surface area contributed by atoms with Crippen LogP contribution in [0.2, 0.25) is 0 Å². The summed E-state index contributed by atoms with van der Waals surface area (Å²) in [5.41, 5.74) is 1.48. The number of Topliss-reactive ketones (excluding diaryl/α,β-unsaturated/α-hetero) is 1. The van der Waals surface area contributed by atoms with Crippen LogP contribution in [0.25, 0.3) is 11.2 Å². The van der Waals surface area contributed by atoms with E-state index in [-0.39, 0.29) is 29.6 Å². The lowest BCUT2D eigenvalue weighted by atomic mass is 10.1. The fourth-order valence-electron chi connectivity index (χ4n) is 4.28. The number of carbonyl (C=O) groups is 2. The first kappa shape index (κ1) is 22.7. The number of hydrogen-bond acceptors (Lipinski definition) is 7. The van der Waals surface area contributed by atoms with Gasteiger partial charge in [0.25, 0.3) is 5.56 Å². The Bertz CT molecular complexity index is 1350. The van der Waals surface area contributed by atoms with Gasteiger partial charge in [-0.1, -0.05) is 0 Å². The molecule has 176 valence electrons.